The summed E-state index contributed by atoms with van der Waals surface area (Å²) in [5.74, 6) is 0.971. The molecule has 2 aromatic rings. The second kappa shape index (κ2) is 6.76. The predicted octanol–water partition coefficient (Wildman–Crippen LogP) is 3.67. The van der Waals surface area contributed by atoms with E-state index >= 15 is 0 Å². The maximum Gasteiger partial charge on any atom is 0.243 e. The van der Waals surface area contributed by atoms with E-state index in [2.05, 4.69) is 20.9 Å². The Balaban J connectivity index is 2.18. The molecule has 0 saturated heterocycles. The lowest BCUT2D eigenvalue weighted by atomic mass is 10.3. The third-order valence-corrected chi connectivity index (χ3v) is 5.67. The number of rotatable bonds is 5. The maximum atomic E-state index is 12.3. The molecule has 0 amide bonds. The zero-order chi connectivity index (χ0) is 16.3. The number of benzene rings is 1. The van der Waals surface area contributed by atoms with Crippen molar-refractivity contribution < 1.29 is 13.2 Å². The fourth-order valence-electron chi connectivity index (χ4n) is 1.67. The van der Waals surface area contributed by atoms with Gasteiger partial charge in [-0.3, -0.25) is 0 Å². The van der Waals surface area contributed by atoms with E-state index in [1.54, 1.807) is 31.4 Å². The molecule has 0 N–H and O–H groups in total. The van der Waals surface area contributed by atoms with Crippen LogP contribution in [0.4, 0.5) is 0 Å². The van der Waals surface area contributed by atoms with Gasteiger partial charge in [-0.2, -0.15) is 4.31 Å². The Hall–Kier alpha value is -1.44. The number of halogens is 1. The first-order valence-electron chi connectivity index (χ1n) is 6.68. The van der Waals surface area contributed by atoms with E-state index in [1.165, 1.54) is 16.4 Å². The molecule has 2 rings (SSSR count). The highest BCUT2D eigenvalue weighted by atomic mass is 79.9. The number of aromatic nitrogens is 1. The molecule has 1 heterocycles. The van der Waals surface area contributed by atoms with Crippen molar-refractivity contribution in [2.24, 2.45) is 0 Å². The topological polar surface area (TPSA) is 59.5 Å². The van der Waals surface area contributed by atoms with Gasteiger partial charge in [-0.05, 0) is 60.1 Å². The summed E-state index contributed by atoms with van der Waals surface area (Å²) >= 11 is 3.30. The summed E-state index contributed by atoms with van der Waals surface area (Å²) in [6.07, 6.45) is 1.63. The molecule has 0 aliphatic carbocycles. The predicted molar refractivity (Wildman–Crippen MR) is 88.5 cm³/mol. The van der Waals surface area contributed by atoms with Gasteiger partial charge in [0.2, 0.25) is 15.9 Å². The van der Waals surface area contributed by atoms with Crippen molar-refractivity contribution in [1.29, 1.82) is 0 Å². The average molecular weight is 385 g/mol. The minimum absolute atomic E-state index is 0.104. The highest BCUT2D eigenvalue weighted by Crippen LogP contribution is 2.24. The second-order valence-corrected chi connectivity index (χ2v) is 7.92. The molecule has 0 fully saturated rings. The summed E-state index contributed by atoms with van der Waals surface area (Å²) in [6.45, 7) is 3.66. The van der Waals surface area contributed by atoms with Crippen LogP contribution in [0.5, 0.6) is 11.6 Å². The maximum absolute atomic E-state index is 12.3. The molecule has 1 aromatic heterocycles. The lowest BCUT2D eigenvalue weighted by molar-refractivity contribution is 0.410. The molecule has 118 valence electrons. The van der Waals surface area contributed by atoms with Crippen molar-refractivity contribution in [3.05, 3.63) is 47.1 Å². The van der Waals surface area contributed by atoms with E-state index in [1.807, 2.05) is 19.9 Å². The Morgan fingerprint density at radius 3 is 2.27 bits per heavy atom. The summed E-state index contributed by atoms with van der Waals surface area (Å²) in [5.41, 5.74) is 0. The molecule has 0 bridgehead atoms. The van der Waals surface area contributed by atoms with Crippen LogP contribution >= 0.6 is 15.9 Å². The molecule has 7 heteroatoms. The average Bonchev–Trinajstić information content (AvgIpc) is 2.49. The van der Waals surface area contributed by atoms with E-state index in [-0.39, 0.29) is 10.9 Å². The van der Waals surface area contributed by atoms with E-state index in [4.69, 9.17) is 4.74 Å². The molecule has 0 spiro atoms. The quantitative estimate of drug-likeness (QED) is 0.788. The summed E-state index contributed by atoms with van der Waals surface area (Å²) in [6, 6.07) is 9.73. The largest absolute Gasteiger partial charge is 0.439 e. The van der Waals surface area contributed by atoms with Gasteiger partial charge in [-0.1, -0.05) is 0 Å². The molecule has 0 aliphatic rings. The minimum Gasteiger partial charge on any atom is -0.439 e. The zero-order valence-corrected chi connectivity index (χ0v) is 14.9. The molecule has 0 radical (unpaired) electrons. The summed E-state index contributed by atoms with van der Waals surface area (Å²) in [5, 5.41) is 0. The Morgan fingerprint density at radius 1 is 1.14 bits per heavy atom. The lowest BCUT2D eigenvalue weighted by Crippen LogP contribution is -2.32. The molecule has 1 aromatic carbocycles. The van der Waals surface area contributed by atoms with Crippen LogP contribution in [0.3, 0.4) is 0 Å². The molecule has 5 nitrogen and oxygen atoms in total. The molecule has 0 atom stereocenters. The van der Waals surface area contributed by atoms with Crippen molar-refractivity contribution in [2.75, 3.05) is 7.05 Å². The van der Waals surface area contributed by atoms with Crippen LogP contribution in [0.15, 0.2) is 52.0 Å². The molecular weight excluding hydrogens is 368 g/mol. The zero-order valence-electron chi connectivity index (χ0n) is 12.5. The summed E-state index contributed by atoms with van der Waals surface area (Å²) < 4.78 is 32.5. The first-order chi connectivity index (χ1) is 10.3. The van der Waals surface area contributed by atoms with Crippen LogP contribution < -0.4 is 4.74 Å². The number of hydrogen-bond donors (Lipinski definition) is 0. The molecule has 0 unspecified atom stereocenters. The smallest absolute Gasteiger partial charge is 0.243 e. The van der Waals surface area contributed by atoms with Gasteiger partial charge in [0.05, 0.1) is 4.90 Å². The Morgan fingerprint density at radius 2 is 1.77 bits per heavy atom. The number of ether oxygens (including phenoxy) is 1. The van der Waals surface area contributed by atoms with Gasteiger partial charge in [-0.15, -0.1) is 0 Å². The van der Waals surface area contributed by atoms with Crippen LogP contribution in [0, 0.1) is 0 Å². The standard InChI is InChI=1S/C15H17BrN2O3S/c1-11(2)18(3)22(19,20)14-7-5-13(6-8-14)21-15-9-4-12(16)10-17-15/h4-11H,1-3H3. The van der Waals surface area contributed by atoms with Crippen molar-refractivity contribution in [1.82, 2.24) is 9.29 Å². The van der Waals surface area contributed by atoms with Crippen LogP contribution in [-0.2, 0) is 10.0 Å². The van der Waals surface area contributed by atoms with Crippen molar-refractivity contribution in [2.45, 2.75) is 24.8 Å². The SMILES string of the molecule is CC(C)N(C)S(=O)(=O)c1ccc(Oc2ccc(Br)cn2)cc1. The number of sulfonamides is 1. The van der Waals surface area contributed by atoms with Gasteiger partial charge in [0.15, 0.2) is 0 Å². The third-order valence-electron chi connectivity index (χ3n) is 3.15. The third kappa shape index (κ3) is 3.85. The van der Waals surface area contributed by atoms with E-state index in [9.17, 15) is 8.42 Å². The van der Waals surface area contributed by atoms with Crippen LogP contribution in [0.1, 0.15) is 13.8 Å². The van der Waals surface area contributed by atoms with Gasteiger partial charge < -0.3 is 4.74 Å². The normalized spacial score (nSPS) is 11.9. The molecular formula is C15H17BrN2O3S. The van der Waals surface area contributed by atoms with Crippen molar-refractivity contribution >= 4 is 26.0 Å². The van der Waals surface area contributed by atoms with Crippen molar-refractivity contribution in [3.63, 3.8) is 0 Å². The Labute approximate surface area is 139 Å². The fourth-order valence-corrected chi connectivity index (χ4v) is 3.27. The highest BCUT2D eigenvalue weighted by Gasteiger charge is 2.22. The summed E-state index contributed by atoms with van der Waals surface area (Å²) in [4.78, 5) is 4.34. The van der Waals surface area contributed by atoms with E-state index in [0.717, 1.165) is 4.47 Å². The van der Waals surface area contributed by atoms with Gasteiger partial charge in [0, 0.05) is 29.8 Å². The second-order valence-electron chi connectivity index (χ2n) is 5.00. The van der Waals surface area contributed by atoms with Crippen LogP contribution in [0.25, 0.3) is 0 Å². The molecule has 0 aliphatic heterocycles. The highest BCUT2D eigenvalue weighted by molar-refractivity contribution is 9.10. The molecule has 22 heavy (non-hydrogen) atoms. The summed E-state index contributed by atoms with van der Waals surface area (Å²) in [7, 11) is -1.91. The lowest BCUT2D eigenvalue weighted by Gasteiger charge is -2.21. The number of pyridine rings is 1. The molecule has 0 saturated carbocycles. The van der Waals surface area contributed by atoms with Crippen LogP contribution in [-0.4, -0.2) is 30.8 Å². The number of nitrogens with zero attached hydrogens (tertiary/aromatic N) is 2. The van der Waals surface area contributed by atoms with Crippen molar-refractivity contribution in [3.8, 4) is 11.6 Å². The fraction of sp³-hybridized carbons (Fsp3) is 0.267. The minimum atomic E-state index is -3.48. The van der Waals surface area contributed by atoms with Gasteiger partial charge >= 0.3 is 0 Å². The first kappa shape index (κ1) is 16.9. The Bertz CT molecular complexity index is 728. The first-order valence-corrected chi connectivity index (χ1v) is 8.91. The van der Waals surface area contributed by atoms with Gasteiger partial charge in [0.1, 0.15) is 5.75 Å². The Kier molecular flexibility index (Phi) is 5.20. The van der Waals surface area contributed by atoms with Gasteiger partial charge in [-0.25, -0.2) is 13.4 Å². The monoisotopic (exact) mass is 384 g/mol. The van der Waals surface area contributed by atoms with E-state index < -0.39 is 10.0 Å². The van der Waals surface area contributed by atoms with Crippen LogP contribution in [0.2, 0.25) is 0 Å². The van der Waals surface area contributed by atoms with E-state index in [0.29, 0.717) is 11.6 Å². The number of hydrogen-bond acceptors (Lipinski definition) is 4. The van der Waals surface area contributed by atoms with Gasteiger partial charge in [0.25, 0.3) is 0 Å².